The Kier molecular flexibility index (Phi) is 8.89. The monoisotopic (exact) mass is 478 g/mol. The van der Waals surface area contributed by atoms with Crippen LogP contribution in [0.2, 0.25) is 0 Å². The summed E-state index contributed by atoms with van der Waals surface area (Å²) in [6, 6.07) is 9.89. The molecular formula is C24H38N4O4S. The molecule has 33 heavy (non-hydrogen) atoms. The highest BCUT2D eigenvalue weighted by molar-refractivity contribution is 7.88. The molecular weight excluding hydrogens is 440 g/mol. The van der Waals surface area contributed by atoms with Crippen molar-refractivity contribution in [3.8, 4) is 0 Å². The predicted octanol–water partition coefficient (Wildman–Crippen LogP) is 1.52. The molecule has 0 radical (unpaired) electrons. The lowest BCUT2D eigenvalue weighted by Crippen LogP contribution is -2.72. The highest BCUT2D eigenvalue weighted by Crippen LogP contribution is 2.34. The first kappa shape index (κ1) is 25.6. The van der Waals surface area contributed by atoms with Crippen LogP contribution in [-0.2, 0) is 26.0 Å². The number of rotatable bonds is 11. The summed E-state index contributed by atoms with van der Waals surface area (Å²) in [5.41, 5.74) is 0.565. The summed E-state index contributed by atoms with van der Waals surface area (Å²) in [4.78, 5) is 30.9. The third-order valence-corrected chi connectivity index (χ3v) is 7.51. The van der Waals surface area contributed by atoms with E-state index in [9.17, 15) is 18.0 Å². The van der Waals surface area contributed by atoms with Crippen LogP contribution in [0.4, 0.5) is 0 Å². The van der Waals surface area contributed by atoms with Crippen molar-refractivity contribution < 1.29 is 18.0 Å². The molecule has 2 heterocycles. The smallest absolute Gasteiger partial charge is 0.246 e. The largest absolute Gasteiger partial charge is 0.342 e. The fourth-order valence-electron chi connectivity index (χ4n) is 4.93. The van der Waals surface area contributed by atoms with Crippen molar-refractivity contribution in [2.75, 3.05) is 39.0 Å². The maximum Gasteiger partial charge on any atom is 0.246 e. The first-order chi connectivity index (χ1) is 15.7. The second kappa shape index (κ2) is 11.4. The molecule has 1 spiro atoms. The average Bonchev–Trinajstić information content (AvgIpc) is 2.79. The van der Waals surface area contributed by atoms with Crippen LogP contribution in [0, 0.1) is 0 Å². The van der Waals surface area contributed by atoms with Crippen LogP contribution < -0.4 is 10.0 Å². The molecule has 0 aliphatic carbocycles. The van der Waals surface area contributed by atoms with Gasteiger partial charge in [-0.2, -0.15) is 0 Å². The number of benzene rings is 1. The van der Waals surface area contributed by atoms with Crippen molar-refractivity contribution in [2.24, 2.45) is 0 Å². The van der Waals surface area contributed by atoms with Crippen molar-refractivity contribution in [3.05, 3.63) is 35.9 Å². The number of likely N-dealkylation sites (tertiary alicyclic amines) is 1. The summed E-state index contributed by atoms with van der Waals surface area (Å²) in [6.45, 7) is 5.52. The fraction of sp³-hybridized carbons (Fsp3) is 0.667. The van der Waals surface area contributed by atoms with E-state index in [0.717, 1.165) is 38.7 Å². The van der Waals surface area contributed by atoms with Gasteiger partial charge in [0.15, 0.2) is 0 Å². The van der Waals surface area contributed by atoms with Gasteiger partial charge in [-0.25, -0.2) is 13.1 Å². The van der Waals surface area contributed by atoms with Crippen LogP contribution in [0.25, 0.3) is 0 Å². The number of amides is 2. The Morgan fingerprint density at radius 3 is 2.42 bits per heavy atom. The molecule has 2 aliphatic heterocycles. The molecule has 0 unspecified atom stereocenters. The van der Waals surface area contributed by atoms with Gasteiger partial charge in [0.1, 0.15) is 11.6 Å². The van der Waals surface area contributed by atoms with E-state index in [1.807, 2.05) is 17.9 Å². The Balaban J connectivity index is 1.55. The molecule has 2 fully saturated rings. The minimum absolute atomic E-state index is 0.00487. The molecule has 0 aromatic heterocycles. The molecule has 1 aromatic carbocycles. The molecule has 9 heteroatoms. The van der Waals surface area contributed by atoms with Crippen LogP contribution in [-0.4, -0.2) is 80.6 Å². The van der Waals surface area contributed by atoms with Crippen LogP contribution >= 0.6 is 0 Å². The van der Waals surface area contributed by atoms with Gasteiger partial charge < -0.3 is 15.1 Å². The van der Waals surface area contributed by atoms with Gasteiger partial charge in [0, 0.05) is 32.7 Å². The standard InChI is InChI=1S/C24H38N4O4S/c1-3-16-28-22(29)21(11-7-8-15-25-33(2,31)32)26-23(30)24(28)13-18-27(19-14-24)17-12-20-9-5-4-6-10-20/h4-6,9-10,21,25H,3,7-8,11-19H2,1-2H3,(H,26,30)/t21-/m0/s1. The molecule has 0 bridgehead atoms. The highest BCUT2D eigenvalue weighted by atomic mass is 32.2. The van der Waals surface area contributed by atoms with E-state index in [2.05, 4.69) is 39.2 Å². The summed E-state index contributed by atoms with van der Waals surface area (Å²) in [5.74, 6) is -0.0252. The Morgan fingerprint density at radius 2 is 1.79 bits per heavy atom. The number of carbonyl (C=O) groups is 2. The normalized spacial score (nSPS) is 21.4. The Bertz CT molecular complexity index is 898. The lowest BCUT2D eigenvalue weighted by Gasteiger charge is -2.51. The highest BCUT2D eigenvalue weighted by Gasteiger charge is 2.52. The van der Waals surface area contributed by atoms with E-state index in [1.165, 1.54) is 5.56 Å². The molecule has 2 aliphatic rings. The van der Waals surface area contributed by atoms with Gasteiger partial charge >= 0.3 is 0 Å². The quantitative estimate of drug-likeness (QED) is 0.470. The zero-order chi connectivity index (χ0) is 23.9. The van der Waals surface area contributed by atoms with E-state index in [1.54, 1.807) is 0 Å². The molecule has 2 amide bonds. The lowest BCUT2D eigenvalue weighted by atomic mass is 9.81. The van der Waals surface area contributed by atoms with Gasteiger partial charge in [-0.1, -0.05) is 37.3 Å². The van der Waals surface area contributed by atoms with Gasteiger partial charge in [0.2, 0.25) is 21.8 Å². The van der Waals surface area contributed by atoms with Crippen LogP contribution in [0.3, 0.4) is 0 Å². The summed E-state index contributed by atoms with van der Waals surface area (Å²) in [7, 11) is -3.21. The number of hydrogen-bond acceptors (Lipinski definition) is 5. The molecule has 1 aromatic rings. The fourth-order valence-corrected chi connectivity index (χ4v) is 5.44. The van der Waals surface area contributed by atoms with Crippen molar-refractivity contribution >= 4 is 21.8 Å². The molecule has 1 atom stereocenters. The van der Waals surface area contributed by atoms with Crippen LogP contribution in [0.1, 0.15) is 51.0 Å². The van der Waals surface area contributed by atoms with Crippen LogP contribution in [0.15, 0.2) is 30.3 Å². The predicted molar refractivity (Wildman–Crippen MR) is 129 cm³/mol. The Hall–Kier alpha value is -1.97. The molecule has 2 saturated heterocycles. The van der Waals surface area contributed by atoms with Gasteiger partial charge in [0.05, 0.1) is 6.26 Å². The first-order valence-electron chi connectivity index (χ1n) is 12.1. The summed E-state index contributed by atoms with van der Waals surface area (Å²) >= 11 is 0. The van der Waals surface area contributed by atoms with E-state index in [4.69, 9.17) is 0 Å². The molecule has 184 valence electrons. The summed E-state index contributed by atoms with van der Waals surface area (Å²) in [6.07, 6.45) is 6.05. The number of hydrogen-bond donors (Lipinski definition) is 2. The zero-order valence-corrected chi connectivity index (χ0v) is 20.7. The third-order valence-electron chi connectivity index (χ3n) is 6.78. The average molecular weight is 479 g/mol. The number of carbonyl (C=O) groups excluding carboxylic acids is 2. The second-order valence-corrected chi connectivity index (χ2v) is 11.1. The third kappa shape index (κ3) is 6.77. The van der Waals surface area contributed by atoms with E-state index in [0.29, 0.717) is 45.2 Å². The summed E-state index contributed by atoms with van der Waals surface area (Å²) in [5, 5.41) is 3.01. The SMILES string of the molecule is CCCN1C(=O)[C@H](CCCCNS(C)(=O)=O)NC(=O)C12CCN(CCc1ccccc1)CC2. The van der Waals surface area contributed by atoms with Crippen molar-refractivity contribution in [1.82, 2.24) is 19.8 Å². The van der Waals surface area contributed by atoms with E-state index in [-0.39, 0.29) is 11.8 Å². The van der Waals surface area contributed by atoms with Gasteiger partial charge in [-0.3, -0.25) is 9.59 Å². The minimum atomic E-state index is -3.21. The summed E-state index contributed by atoms with van der Waals surface area (Å²) < 4.78 is 24.8. The Morgan fingerprint density at radius 1 is 1.09 bits per heavy atom. The molecule has 3 rings (SSSR count). The minimum Gasteiger partial charge on any atom is -0.342 e. The topological polar surface area (TPSA) is 98.8 Å². The number of nitrogens with one attached hydrogen (secondary N) is 2. The molecule has 0 saturated carbocycles. The van der Waals surface area contributed by atoms with Gasteiger partial charge in [0.25, 0.3) is 0 Å². The van der Waals surface area contributed by atoms with Crippen LogP contribution in [0.5, 0.6) is 0 Å². The van der Waals surface area contributed by atoms with E-state index >= 15 is 0 Å². The van der Waals surface area contributed by atoms with Crippen molar-refractivity contribution in [2.45, 2.75) is 63.5 Å². The number of piperazine rings is 1. The second-order valence-electron chi connectivity index (χ2n) is 9.29. The van der Waals surface area contributed by atoms with Crippen molar-refractivity contribution in [3.63, 3.8) is 0 Å². The van der Waals surface area contributed by atoms with E-state index < -0.39 is 21.6 Å². The first-order valence-corrected chi connectivity index (χ1v) is 14.0. The number of nitrogens with zero attached hydrogens (tertiary/aromatic N) is 2. The van der Waals surface area contributed by atoms with Gasteiger partial charge in [-0.15, -0.1) is 0 Å². The Labute approximate surface area is 198 Å². The lowest BCUT2D eigenvalue weighted by molar-refractivity contribution is -0.161. The number of sulfonamides is 1. The number of unbranched alkanes of at least 4 members (excludes halogenated alkanes) is 1. The molecule has 2 N–H and O–H groups in total. The maximum absolute atomic E-state index is 13.3. The zero-order valence-electron chi connectivity index (χ0n) is 19.9. The molecule has 8 nitrogen and oxygen atoms in total. The van der Waals surface area contributed by atoms with Gasteiger partial charge in [-0.05, 0) is 50.5 Å². The number of piperidine rings is 1. The van der Waals surface area contributed by atoms with Crippen molar-refractivity contribution in [1.29, 1.82) is 0 Å². The maximum atomic E-state index is 13.3.